The zero-order valence-corrected chi connectivity index (χ0v) is 18.9. The van der Waals surface area contributed by atoms with Gasteiger partial charge in [-0.1, -0.05) is 0 Å². The van der Waals surface area contributed by atoms with Crippen molar-refractivity contribution in [1.82, 2.24) is 25.1 Å². The van der Waals surface area contributed by atoms with Crippen molar-refractivity contribution in [2.45, 2.75) is 31.5 Å². The van der Waals surface area contributed by atoms with Crippen LogP contribution in [0.3, 0.4) is 0 Å². The zero-order valence-electron chi connectivity index (χ0n) is 17.3. The van der Waals surface area contributed by atoms with Gasteiger partial charge in [-0.25, -0.2) is 13.4 Å². The van der Waals surface area contributed by atoms with Crippen LogP contribution in [0.2, 0.25) is 0 Å². The first-order chi connectivity index (χ1) is 15.9. The number of sulfonamides is 1. The number of thiazole rings is 1. The van der Waals surface area contributed by atoms with Gasteiger partial charge in [0, 0.05) is 24.8 Å². The van der Waals surface area contributed by atoms with Gasteiger partial charge >= 0.3 is 6.43 Å². The molecule has 2 atom stereocenters. The number of alkyl halides is 2. The monoisotopic (exact) mass is 498 g/mol. The number of hydrogen-bond donors (Lipinski definition) is 0. The molecule has 176 valence electrons. The van der Waals surface area contributed by atoms with E-state index in [2.05, 4.69) is 25.1 Å². The third-order valence-corrected chi connectivity index (χ3v) is 8.33. The van der Waals surface area contributed by atoms with Crippen LogP contribution in [0, 0.1) is 0 Å². The Morgan fingerprint density at radius 3 is 2.73 bits per heavy atom. The Kier molecular flexibility index (Phi) is 6.07. The van der Waals surface area contributed by atoms with Gasteiger partial charge in [-0.15, -0.1) is 21.5 Å². The first-order valence-corrected chi connectivity index (χ1v) is 12.6. The number of hydrogen-bond acceptors (Lipinski definition) is 10. The summed E-state index contributed by atoms with van der Waals surface area (Å²) in [5.74, 6) is -0.925. The molecular weight excluding hydrogens is 478 g/mol. The molecule has 0 N–H and O–H groups in total. The summed E-state index contributed by atoms with van der Waals surface area (Å²) in [4.78, 5) is 10.8. The van der Waals surface area contributed by atoms with Crippen molar-refractivity contribution < 1.29 is 26.4 Å². The highest BCUT2D eigenvalue weighted by Gasteiger charge is 2.42. The zero-order chi connectivity index (χ0) is 23.0. The Labute approximate surface area is 192 Å². The van der Waals surface area contributed by atoms with Crippen LogP contribution in [0.1, 0.15) is 23.7 Å². The third-order valence-electron chi connectivity index (χ3n) is 5.65. The average Bonchev–Trinajstić information content (AvgIpc) is 3.48. The maximum Gasteiger partial charge on any atom is 0.314 e. The Morgan fingerprint density at radius 2 is 2.06 bits per heavy atom. The van der Waals surface area contributed by atoms with E-state index in [0.717, 1.165) is 17.8 Å². The molecule has 2 saturated heterocycles. The summed E-state index contributed by atoms with van der Waals surface area (Å²) >= 11 is 1.10. The van der Waals surface area contributed by atoms with Crippen LogP contribution >= 0.6 is 11.3 Å². The first kappa shape index (κ1) is 22.3. The minimum Gasteiger partial charge on any atom is -0.414 e. The number of ether oxygens (including phenoxy) is 1. The molecule has 0 radical (unpaired) electrons. The second kappa shape index (κ2) is 9.00. The summed E-state index contributed by atoms with van der Waals surface area (Å²) in [6, 6.07) is 3.88. The van der Waals surface area contributed by atoms with Gasteiger partial charge in [0.2, 0.25) is 10.0 Å². The van der Waals surface area contributed by atoms with Crippen LogP contribution in [-0.4, -0.2) is 71.1 Å². The topological polar surface area (TPSA) is 115 Å². The number of halogens is 2. The van der Waals surface area contributed by atoms with Gasteiger partial charge in [0.1, 0.15) is 9.88 Å². The van der Waals surface area contributed by atoms with Gasteiger partial charge in [-0.05, 0) is 18.6 Å². The molecule has 14 heteroatoms. The highest BCUT2D eigenvalue weighted by atomic mass is 32.2. The second-order valence-electron chi connectivity index (χ2n) is 7.72. The van der Waals surface area contributed by atoms with Gasteiger partial charge < -0.3 is 9.15 Å². The molecule has 33 heavy (non-hydrogen) atoms. The fraction of sp³-hybridized carbons (Fsp3) is 0.474. The lowest BCUT2D eigenvalue weighted by atomic mass is 9.92. The van der Waals surface area contributed by atoms with Crippen LogP contribution in [0.4, 0.5) is 14.5 Å². The molecule has 2 aliphatic rings. The van der Waals surface area contributed by atoms with Crippen molar-refractivity contribution in [3.05, 3.63) is 41.6 Å². The molecule has 0 saturated carbocycles. The number of anilines is 1. The number of rotatable bonds is 9. The van der Waals surface area contributed by atoms with Gasteiger partial charge in [0.05, 0.1) is 43.6 Å². The standard InChI is InChI=1S/C19H20F2N6O4S2/c20-17(21)19-25-24-18(31-19)15-8-23-16(32-15)9-27(12-2-1-3-22-7-12)33(28,29)5-4-26-13-6-14(26)11-30-10-13/h1-3,7-8,13-14,17H,4-6,9-11H2. The molecule has 2 unspecified atom stereocenters. The average molecular weight is 499 g/mol. The van der Waals surface area contributed by atoms with Crippen molar-refractivity contribution in [1.29, 1.82) is 0 Å². The summed E-state index contributed by atoms with van der Waals surface area (Å²) in [7, 11) is -3.71. The van der Waals surface area contributed by atoms with E-state index in [1.807, 2.05) is 0 Å². The fourth-order valence-corrected chi connectivity index (χ4v) is 6.31. The summed E-state index contributed by atoms with van der Waals surface area (Å²) in [6.45, 7) is 1.64. The number of aromatic nitrogens is 4. The van der Waals surface area contributed by atoms with Crippen molar-refractivity contribution in [2.24, 2.45) is 0 Å². The lowest BCUT2D eigenvalue weighted by molar-refractivity contribution is -0.123. The second-order valence-corrected chi connectivity index (χ2v) is 10.8. The minimum absolute atomic E-state index is 0.0372. The Morgan fingerprint density at radius 1 is 1.24 bits per heavy atom. The third kappa shape index (κ3) is 4.60. The van der Waals surface area contributed by atoms with E-state index in [4.69, 9.17) is 9.15 Å². The molecular formula is C19H20F2N6O4S2. The molecule has 3 aromatic heterocycles. The maximum absolute atomic E-state index is 13.3. The number of pyridine rings is 1. The van der Waals surface area contributed by atoms with Crippen LogP contribution in [0.15, 0.2) is 35.1 Å². The van der Waals surface area contributed by atoms with E-state index in [1.54, 1.807) is 18.3 Å². The molecule has 0 spiro atoms. The predicted octanol–water partition coefficient (Wildman–Crippen LogP) is 2.34. The smallest absolute Gasteiger partial charge is 0.314 e. The summed E-state index contributed by atoms with van der Waals surface area (Å²) in [6.07, 6.45) is 2.61. The van der Waals surface area contributed by atoms with Crippen LogP contribution < -0.4 is 4.31 Å². The molecule has 5 heterocycles. The minimum atomic E-state index is -3.71. The summed E-state index contributed by atoms with van der Waals surface area (Å²) in [5, 5.41) is 7.37. The molecule has 2 bridgehead atoms. The molecule has 10 nitrogen and oxygen atoms in total. The van der Waals surface area contributed by atoms with E-state index in [-0.39, 0.29) is 30.3 Å². The molecule has 0 aromatic carbocycles. The summed E-state index contributed by atoms with van der Waals surface area (Å²) in [5.41, 5.74) is 0.416. The Bertz CT molecular complexity index is 1190. The van der Waals surface area contributed by atoms with Crippen molar-refractivity contribution in [3.8, 4) is 10.8 Å². The summed E-state index contributed by atoms with van der Waals surface area (Å²) < 4.78 is 63.9. The lowest BCUT2D eigenvalue weighted by Gasteiger charge is -2.52. The fourth-order valence-electron chi connectivity index (χ4n) is 3.99. The number of nitrogens with zero attached hydrogens (tertiary/aromatic N) is 6. The molecule has 5 rings (SSSR count). The predicted molar refractivity (Wildman–Crippen MR) is 114 cm³/mol. The first-order valence-electron chi connectivity index (χ1n) is 10.2. The van der Waals surface area contributed by atoms with E-state index in [9.17, 15) is 17.2 Å². The Balaban J connectivity index is 1.34. The molecule has 0 aliphatic carbocycles. The maximum atomic E-state index is 13.3. The highest BCUT2D eigenvalue weighted by molar-refractivity contribution is 7.92. The number of morpholine rings is 1. The van der Waals surface area contributed by atoms with Crippen molar-refractivity contribution >= 4 is 27.0 Å². The van der Waals surface area contributed by atoms with Gasteiger partial charge in [0.25, 0.3) is 11.8 Å². The van der Waals surface area contributed by atoms with Gasteiger partial charge in [-0.2, -0.15) is 8.78 Å². The van der Waals surface area contributed by atoms with Crippen molar-refractivity contribution in [3.63, 3.8) is 0 Å². The quantitative estimate of drug-likeness (QED) is 0.438. The SMILES string of the molecule is O=S(=O)(CCN1C2COCC1C2)N(Cc1ncc(-c2nnc(C(F)F)o2)s1)c1cccnc1. The lowest BCUT2D eigenvalue weighted by Crippen LogP contribution is -2.64. The van der Waals surface area contributed by atoms with Crippen LogP contribution in [-0.2, 0) is 21.3 Å². The van der Waals surface area contributed by atoms with E-state index >= 15 is 0 Å². The van der Waals surface area contributed by atoms with E-state index < -0.39 is 22.3 Å². The molecule has 2 aliphatic heterocycles. The largest absolute Gasteiger partial charge is 0.414 e. The molecule has 2 fully saturated rings. The number of fused-ring (bicyclic) bond motifs is 2. The van der Waals surface area contributed by atoms with Crippen LogP contribution in [0.5, 0.6) is 0 Å². The van der Waals surface area contributed by atoms with Gasteiger partial charge in [-0.3, -0.25) is 14.2 Å². The van der Waals surface area contributed by atoms with Crippen molar-refractivity contribution in [2.75, 3.05) is 29.8 Å². The normalized spacial score (nSPS) is 20.7. The Hall–Kier alpha value is -2.55. The van der Waals surface area contributed by atoms with Crippen LogP contribution in [0.25, 0.3) is 10.8 Å². The highest BCUT2D eigenvalue weighted by Crippen LogP contribution is 2.32. The van der Waals surface area contributed by atoms with E-state index in [0.29, 0.717) is 35.3 Å². The molecule has 0 amide bonds. The van der Waals surface area contributed by atoms with E-state index in [1.165, 1.54) is 16.7 Å². The van der Waals surface area contributed by atoms with Gasteiger partial charge in [0.15, 0.2) is 0 Å². The molecule has 3 aromatic rings.